The van der Waals surface area contributed by atoms with Crippen molar-refractivity contribution in [3.8, 4) is 11.5 Å². The Morgan fingerprint density at radius 2 is 2.10 bits per heavy atom. The number of hydrogen-bond acceptors (Lipinski definition) is 4. The van der Waals surface area contributed by atoms with Crippen LogP contribution in [-0.2, 0) is 6.54 Å². The first kappa shape index (κ1) is 15.2. The second-order valence-electron chi connectivity index (χ2n) is 4.97. The van der Waals surface area contributed by atoms with E-state index in [4.69, 9.17) is 4.98 Å². The summed E-state index contributed by atoms with van der Waals surface area (Å²) in [6, 6.07) is 0. The Hall–Kier alpha value is -1.18. The van der Waals surface area contributed by atoms with Crippen molar-refractivity contribution in [3.05, 3.63) is 21.8 Å². The summed E-state index contributed by atoms with van der Waals surface area (Å²) in [6.07, 6.45) is 4.74. The average Bonchev–Trinajstić information content (AvgIpc) is 2.87. The van der Waals surface area contributed by atoms with Crippen LogP contribution < -0.4 is 5.32 Å². The van der Waals surface area contributed by atoms with E-state index < -0.39 is 0 Å². The van der Waals surface area contributed by atoms with Crippen molar-refractivity contribution in [2.45, 2.75) is 39.7 Å². The average molecular weight is 385 g/mol. The number of aryl methyl sites for hydroxylation is 1. The van der Waals surface area contributed by atoms with Crippen LogP contribution in [0.25, 0.3) is 11.5 Å². The SMILES string of the molecule is CCCn1cncc1-c1nc(NC)c(I)c(C(C)C)n1. The van der Waals surface area contributed by atoms with Gasteiger partial charge in [-0.05, 0) is 34.9 Å². The Kier molecular flexibility index (Phi) is 4.95. The number of nitrogens with one attached hydrogen (secondary N) is 1. The minimum absolute atomic E-state index is 0.360. The van der Waals surface area contributed by atoms with Crippen LogP contribution in [0.2, 0.25) is 0 Å². The zero-order valence-electron chi connectivity index (χ0n) is 12.3. The fourth-order valence-corrected chi connectivity index (χ4v) is 3.19. The minimum Gasteiger partial charge on any atom is -0.372 e. The van der Waals surface area contributed by atoms with Crippen molar-refractivity contribution in [2.75, 3.05) is 12.4 Å². The van der Waals surface area contributed by atoms with Gasteiger partial charge in [-0.1, -0.05) is 20.8 Å². The Morgan fingerprint density at radius 3 is 2.70 bits per heavy atom. The minimum atomic E-state index is 0.360. The summed E-state index contributed by atoms with van der Waals surface area (Å²) in [5.74, 6) is 1.98. The molecule has 0 atom stereocenters. The second kappa shape index (κ2) is 6.51. The van der Waals surface area contributed by atoms with Crippen LogP contribution in [0.3, 0.4) is 0 Å². The molecule has 0 aromatic carbocycles. The highest BCUT2D eigenvalue weighted by Crippen LogP contribution is 2.28. The van der Waals surface area contributed by atoms with Gasteiger partial charge in [0.25, 0.3) is 0 Å². The Balaban J connectivity index is 2.56. The molecule has 0 aliphatic carbocycles. The lowest BCUT2D eigenvalue weighted by atomic mass is 10.1. The third-order valence-corrected chi connectivity index (χ3v) is 4.13. The van der Waals surface area contributed by atoms with Gasteiger partial charge in [-0.3, -0.25) is 0 Å². The maximum absolute atomic E-state index is 4.75. The summed E-state index contributed by atoms with van der Waals surface area (Å²) in [4.78, 5) is 13.6. The predicted octanol–water partition coefficient (Wildman–Crippen LogP) is 3.52. The van der Waals surface area contributed by atoms with E-state index in [0.717, 1.165) is 39.6 Å². The van der Waals surface area contributed by atoms with E-state index in [1.54, 1.807) is 0 Å². The largest absolute Gasteiger partial charge is 0.372 e. The fraction of sp³-hybridized carbons (Fsp3) is 0.500. The molecule has 0 saturated carbocycles. The van der Waals surface area contributed by atoms with Gasteiger partial charge >= 0.3 is 0 Å². The number of nitrogens with zero attached hydrogens (tertiary/aromatic N) is 4. The van der Waals surface area contributed by atoms with Crippen molar-refractivity contribution < 1.29 is 0 Å². The summed E-state index contributed by atoms with van der Waals surface area (Å²) < 4.78 is 3.19. The fourth-order valence-electron chi connectivity index (χ4n) is 2.05. The molecule has 6 heteroatoms. The van der Waals surface area contributed by atoms with E-state index in [1.165, 1.54) is 0 Å². The molecule has 0 spiro atoms. The molecule has 0 aliphatic rings. The molecule has 1 N–H and O–H groups in total. The lowest BCUT2D eigenvalue weighted by molar-refractivity contribution is 0.680. The number of imidazole rings is 1. The number of halogens is 1. The highest BCUT2D eigenvalue weighted by atomic mass is 127. The maximum atomic E-state index is 4.75. The van der Waals surface area contributed by atoms with Crippen molar-refractivity contribution in [3.63, 3.8) is 0 Å². The summed E-state index contributed by atoms with van der Waals surface area (Å²) >= 11 is 2.31. The molecule has 2 aromatic rings. The molecule has 0 amide bonds. The van der Waals surface area contributed by atoms with E-state index in [9.17, 15) is 0 Å². The molecule has 108 valence electrons. The molecule has 0 fully saturated rings. The summed E-state index contributed by atoms with van der Waals surface area (Å²) in [5, 5.41) is 3.16. The van der Waals surface area contributed by atoms with Crippen molar-refractivity contribution in [2.24, 2.45) is 0 Å². The molecule has 0 saturated heterocycles. The molecule has 2 rings (SSSR count). The number of hydrogen-bond donors (Lipinski definition) is 1. The zero-order valence-corrected chi connectivity index (χ0v) is 14.5. The molecule has 0 bridgehead atoms. The topological polar surface area (TPSA) is 55.6 Å². The van der Waals surface area contributed by atoms with Crippen LogP contribution in [-0.4, -0.2) is 26.6 Å². The summed E-state index contributed by atoms with van der Waals surface area (Å²) in [7, 11) is 1.89. The van der Waals surface area contributed by atoms with Crippen LogP contribution >= 0.6 is 22.6 Å². The Morgan fingerprint density at radius 1 is 1.35 bits per heavy atom. The molecule has 0 aliphatic heterocycles. The Labute approximate surface area is 133 Å². The lowest BCUT2D eigenvalue weighted by Crippen LogP contribution is -2.08. The van der Waals surface area contributed by atoms with E-state index in [-0.39, 0.29) is 0 Å². The van der Waals surface area contributed by atoms with Crippen molar-refractivity contribution in [1.29, 1.82) is 0 Å². The van der Waals surface area contributed by atoms with E-state index in [1.807, 2.05) is 19.6 Å². The van der Waals surface area contributed by atoms with Crippen LogP contribution in [0.5, 0.6) is 0 Å². The molecule has 20 heavy (non-hydrogen) atoms. The van der Waals surface area contributed by atoms with Crippen LogP contribution in [0.4, 0.5) is 5.82 Å². The molecule has 2 heterocycles. The van der Waals surface area contributed by atoms with Gasteiger partial charge in [-0.15, -0.1) is 0 Å². The number of rotatable bonds is 5. The van der Waals surface area contributed by atoms with Gasteiger partial charge in [0.15, 0.2) is 5.82 Å². The summed E-state index contributed by atoms with van der Waals surface area (Å²) in [6.45, 7) is 7.38. The highest BCUT2D eigenvalue weighted by molar-refractivity contribution is 14.1. The van der Waals surface area contributed by atoms with E-state index >= 15 is 0 Å². The van der Waals surface area contributed by atoms with Gasteiger partial charge in [0.1, 0.15) is 11.5 Å². The van der Waals surface area contributed by atoms with Gasteiger partial charge in [0, 0.05) is 13.6 Å². The summed E-state index contributed by atoms with van der Waals surface area (Å²) in [5.41, 5.74) is 2.05. The third-order valence-electron chi connectivity index (χ3n) is 3.07. The normalized spacial score (nSPS) is 11.1. The molecular formula is C14H20IN5. The Bertz CT molecular complexity index is 591. The van der Waals surface area contributed by atoms with Gasteiger partial charge in [0.2, 0.25) is 0 Å². The number of aromatic nitrogens is 4. The number of anilines is 1. The first-order valence-corrected chi connectivity index (χ1v) is 7.92. The van der Waals surface area contributed by atoms with Crippen molar-refractivity contribution >= 4 is 28.4 Å². The maximum Gasteiger partial charge on any atom is 0.180 e. The lowest BCUT2D eigenvalue weighted by Gasteiger charge is -2.14. The zero-order chi connectivity index (χ0) is 14.7. The van der Waals surface area contributed by atoms with Crippen LogP contribution in [0, 0.1) is 3.57 Å². The van der Waals surface area contributed by atoms with Crippen molar-refractivity contribution in [1.82, 2.24) is 19.5 Å². The molecule has 5 nitrogen and oxygen atoms in total. The molecule has 0 unspecified atom stereocenters. The standard InChI is InChI=1S/C14H20IN5/c1-5-6-20-8-17-7-10(20)13-18-12(9(2)3)11(15)14(16-4)19-13/h7-9H,5-6H2,1-4H3,(H,16,18,19). The third kappa shape index (κ3) is 2.94. The van der Waals surface area contributed by atoms with E-state index in [2.05, 4.69) is 63.2 Å². The van der Waals surface area contributed by atoms with E-state index in [0.29, 0.717) is 5.92 Å². The predicted molar refractivity (Wildman–Crippen MR) is 89.9 cm³/mol. The quantitative estimate of drug-likeness (QED) is 0.801. The van der Waals surface area contributed by atoms with Crippen LogP contribution in [0.15, 0.2) is 12.5 Å². The van der Waals surface area contributed by atoms with Crippen LogP contribution in [0.1, 0.15) is 38.8 Å². The molecule has 0 radical (unpaired) electrons. The molecular weight excluding hydrogens is 365 g/mol. The van der Waals surface area contributed by atoms with Gasteiger partial charge < -0.3 is 9.88 Å². The molecule has 2 aromatic heterocycles. The smallest absolute Gasteiger partial charge is 0.180 e. The van der Waals surface area contributed by atoms with Gasteiger partial charge in [-0.2, -0.15) is 0 Å². The first-order valence-electron chi connectivity index (χ1n) is 6.84. The first-order chi connectivity index (χ1) is 9.58. The van der Waals surface area contributed by atoms with Gasteiger partial charge in [0.05, 0.1) is 21.8 Å². The highest BCUT2D eigenvalue weighted by Gasteiger charge is 2.17. The second-order valence-corrected chi connectivity index (χ2v) is 6.05. The monoisotopic (exact) mass is 385 g/mol. The van der Waals surface area contributed by atoms with Gasteiger partial charge in [-0.25, -0.2) is 15.0 Å².